The number of nitrogens with zero attached hydrogens (tertiary/aromatic N) is 2. The van der Waals surface area contributed by atoms with Crippen molar-refractivity contribution in [2.45, 2.75) is 0 Å². The summed E-state index contributed by atoms with van der Waals surface area (Å²) in [5.41, 5.74) is 2.50. The van der Waals surface area contributed by atoms with Gasteiger partial charge in [0.25, 0.3) is 0 Å². The van der Waals surface area contributed by atoms with Crippen LogP contribution < -0.4 is 4.74 Å². The van der Waals surface area contributed by atoms with Gasteiger partial charge < -0.3 is 4.74 Å². The minimum atomic E-state index is 0.478. The molecule has 2 rings (SSSR count). The van der Waals surface area contributed by atoms with Crippen LogP contribution in [0, 0.1) is 6.57 Å². The van der Waals surface area contributed by atoms with Gasteiger partial charge in [-0.05, 0) is 24.3 Å². The molecular formula is C14H10N2O2. The van der Waals surface area contributed by atoms with Gasteiger partial charge in [-0.2, -0.15) is 0 Å². The molecule has 0 saturated heterocycles. The van der Waals surface area contributed by atoms with E-state index in [2.05, 4.69) is 9.83 Å². The lowest BCUT2D eigenvalue weighted by Crippen LogP contribution is -1.91. The lowest BCUT2D eigenvalue weighted by molar-refractivity contribution is 0.112. The van der Waals surface area contributed by atoms with Crippen LogP contribution in [-0.2, 0) is 0 Å². The summed E-state index contributed by atoms with van der Waals surface area (Å²) < 4.78 is 5.07. The van der Waals surface area contributed by atoms with E-state index in [-0.39, 0.29) is 0 Å². The third kappa shape index (κ3) is 2.20. The predicted molar refractivity (Wildman–Crippen MR) is 67.9 cm³/mol. The van der Waals surface area contributed by atoms with Crippen LogP contribution in [0.4, 0.5) is 5.69 Å². The molecule has 2 aromatic rings. The highest BCUT2D eigenvalue weighted by atomic mass is 16.5. The molecular weight excluding hydrogens is 228 g/mol. The molecule has 0 N–H and O–H groups in total. The number of aromatic nitrogens is 1. The Balaban J connectivity index is 2.44. The highest BCUT2D eigenvalue weighted by Gasteiger charge is 2.06. The van der Waals surface area contributed by atoms with Gasteiger partial charge in [-0.25, -0.2) is 4.85 Å². The Kier molecular flexibility index (Phi) is 3.35. The number of ether oxygens (including phenoxy) is 1. The summed E-state index contributed by atoms with van der Waals surface area (Å²) in [5.74, 6) is 0.534. The number of hydrogen-bond acceptors (Lipinski definition) is 3. The van der Waals surface area contributed by atoms with E-state index in [1.54, 1.807) is 24.3 Å². The summed E-state index contributed by atoms with van der Waals surface area (Å²) in [7, 11) is 1.52. The second-order valence-electron chi connectivity index (χ2n) is 3.59. The van der Waals surface area contributed by atoms with Crippen molar-refractivity contribution in [1.82, 2.24) is 4.98 Å². The molecule has 0 amide bonds. The molecule has 1 heterocycles. The summed E-state index contributed by atoms with van der Waals surface area (Å²) in [6.45, 7) is 6.86. The average Bonchev–Trinajstić information content (AvgIpc) is 2.46. The molecule has 0 aliphatic rings. The highest BCUT2D eigenvalue weighted by molar-refractivity contribution is 5.82. The summed E-state index contributed by atoms with van der Waals surface area (Å²) in [5, 5.41) is 0. The number of benzene rings is 1. The minimum absolute atomic E-state index is 0.478. The van der Waals surface area contributed by atoms with Gasteiger partial charge >= 0.3 is 0 Å². The van der Waals surface area contributed by atoms with Crippen LogP contribution >= 0.6 is 0 Å². The molecule has 0 spiro atoms. The minimum Gasteiger partial charge on any atom is -0.496 e. The predicted octanol–water partition coefficient (Wildman–Crippen LogP) is 3.12. The van der Waals surface area contributed by atoms with E-state index >= 15 is 0 Å². The first-order valence-corrected chi connectivity index (χ1v) is 5.25. The monoisotopic (exact) mass is 238 g/mol. The second kappa shape index (κ2) is 5.11. The van der Waals surface area contributed by atoms with Gasteiger partial charge in [-0.1, -0.05) is 6.07 Å². The SMILES string of the molecule is [C-]#[N+]c1ccc(-c2ccc(OC)c(C=O)c2)nc1. The zero-order chi connectivity index (χ0) is 13.0. The molecule has 4 nitrogen and oxygen atoms in total. The normalized spacial score (nSPS) is 9.56. The zero-order valence-electron chi connectivity index (χ0n) is 9.75. The Morgan fingerprint density at radius 3 is 2.72 bits per heavy atom. The van der Waals surface area contributed by atoms with Crippen molar-refractivity contribution in [3.63, 3.8) is 0 Å². The maximum absolute atomic E-state index is 10.9. The molecule has 18 heavy (non-hydrogen) atoms. The Labute approximate surface area is 105 Å². The number of methoxy groups -OCH3 is 1. The zero-order valence-corrected chi connectivity index (χ0v) is 9.75. The van der Waals surface area contributed by atoms with Crippen molar-refractivity contribution >= 4 is 12.0 Å². The van der Waals surface area contributed by atoms with Crippen molar-refractivity contribution in [3.05, 3.63) is 53.5 Å². The van der Waals surface area contributed by atoms with E-state index in [0.29, 0.717) is 22.7 Å². The van der Waals surface area contributed by atoms with Gasteiger partial charge in [0.05, 0.1) is 24.9 Å². The molecule has 0 atom stereocenters. The van der Waals surface area contributed by atoms with Crippen LogP contribution in [0.3, 0.4) is 0 Å². The average molecular weight is 238 g/mol. The number of hydrogen-bond donors (Lipinski definition) is 0. The molecule has 88 valence electrons. The van der Waals surface area contributed by atoms with E-state index in [1.807, 2.05) is 6.07 Å². The van der Waals surface area contributed by atoms with Crippen molar-refractivity contribution in [2.75, 3.05) is 7.11 Å². The smallest absolute Gasteiger partial charge is 0.205 e. The molecule has 0 radical (unpaired) electrons. The van der Waals surface area contributed by atoms with Crippen LogP contribution in [0.1, 0.15) is 10.4 Å². The van der Waals surface area contributed by atoms with Gasteiger partial charge in [0.2, 0.25) is 5.69 Å². The lowest BCUT2D eigenvalue weighted by atomic mass is 10.1. The molecule has 0 aliphatic heterocycles. The molecule has 0 saturated carbocycles. The molecule has 1 aromatic heterocycles. The fourth-order valence-electron chi connectivity index (χ4n) is 1.61. The van der Waals surface area contributed by atoms with E-state index in [9.17, 15) is 4.79 Å². The third-order valence-electron chi connectivity index (χ3n) is 2.53. The van der Waals surface area contributed by atoms with Crippen molar-refractivity contribution < 1.29 is 9.53 Å². The summed E-state index contributed by atoms with van der Waals surface area (Å²) >= 11 is 0. The number of carbonyl (C=O) groups is 1. The highest BCUT2D eigenvalue weighted by Crippen LogP contribution is 2.25. The molecule has 1 aromatic carbocycles. The first kappa shape index (κ1) is 11.8. The fourth-order valence-corrected chi connectivity index (χ4v) is 1.61. The Hall–Kier alpha value is -2.67. The number of carbonyl (C=O) groups excluding carboxylic acids is 1. The number of rotatable bonds is 3. The lowest BCUT2D eigenvalue weighted by Gasteiger charge is -2.06. The van der Waals surface area contributed by atoms with Crippen molar-refractivity contribution in [3.8, 4) is 17.0 Å². The van der Waals surface area contributed by atoms with Crippen LogP contribution in [-0.4, -0.2) is 18.4 Å². The summed E-state index contributed by atoms with van der Waals surface area (Å²) in [6, 6.07) is 8.71. The quantitative estimate of drug-likeness (QED) is 0.609. The third-order valence-corrected chi connectivity index (χ3v) is 2.53. The van der Waals surface area contributed by atoms with Gasteiger partial charge in [-0.15, -0.1) is 0 Å². The van der Waals surface area contributed by atoms with E-state index in [1.165, 1.54) is 13.3 Å². The van der Waals surface area contributed by atoms with Crippen LogP contribution in [0.2, 0.25) is 0 Å². The fraction of sp³-hybridized carbons (Fsp3) is 0.0714. The molecule has 0 bridgehead atoms. The largest absolute Gasteiger partial charge is 0.496 e. The summed E-state index contributed by atoms with van der Waals surface area (Å²) in [6.07, 6.45) is 2.25. The van der Waals surface area contributed by atoms with Gasteiger partial charge in [0.1, 0.15) is 5.75 Å². The van der Waals surface area contributed by atoms with E-state index in [4.69, 9.17) is 11.3 Å². The summed E-state index contributed by atoms with van der Waals surface area (Å²) in [4.78, 5) is 18.4. The van der Waals surface area contributed by atoms with Crippen molar-refractivity contribution in [1.29, 1.82) is 0 Å². The van der Waals surface area contributed by atoms with Gasteiger partial charge in [-0.3, -0.25) is 9.78 Å². The Morgan fingerprint density at radius 2 is 2.17 bits per heavy atom. The number of pyridine rings is 1. The standard InChI is InChI=1S/C14H10N2O2/c1-15-12-4-5-13(16-8-12)10-3-6-14(18-2)11(7-10)9-17/h3-9H,2H3. The maximum Gasteiger partial charge on any atom is 0.205 e. The molecule has 0 aliphatic carbocycles. The Bertz CT molecular complexity index is 613. The Morgan fingerprint density at radius 1 is 1.33 bits per heavy atom. The van der Waals surface area contributed by atoms with Crippen LogP contribution in [0.15, 0.2) is 36.5 Å². The number of aldehydes is 1. The van der Waals surface area contributed by atoms with Gasteiger partial charge in [0.15, 0.2) is 6.29 Å². The van der Waals surface area contributed by atoms with Gasteiger partial charge in [0, 0.05) is 11.8 Å². The van der Waals surface area contributed by atoms with Crippen molar-refractivity contribution in [2.24, 2.45) is 0 Å². The molecule has 4 heteroatoms. The maximum atomic E-state index is 10.9. The van der Waals surface area contributed by atoms with E-state index in [0.717, 1.165) is 11.8 Å². The second-order valence-corrected chi connectivity index (χ2v) is 3.59. The van der Waals surface area contributed by atoms with Crippen LogP contribution in [0.25, 0.3) is 16.1 Å². The van der Waals surface area contributed by atoms with E-state index < -0.39 is 0 Å². The first-order valence-electron chi connectivity index (χ1n) is 5.25. The topological polar surface area (TPSA) is 43.5 Å². The molecule has 0 unspecified atom stereocenters. The molecule has 0 fully saturated rings. The first-order chi connectivity index (χ1) is 8.78. The van der Waals surface area contributed by atoms with Crippen LogP contribution in [0.5, 0.6) is 5.75 Å².